The zero-order valence-electron chi connectivity index (χ0n) is 30.0. The lowest BCUT2D eigenvalue weighted by Crippen LogP contribution is -1.97. The summed E-state index contributed by atoms with van der Waals surface area (Å²) in [5.74, 6) is 0.628. The van der Waals surface area contributed by atoms with E-state index in [9.17, 15) is 0 Å². The second-order valence-corrected chi connectivity index (χ2v) is 14.0. The van der Waals surface area contributed by atoms with Gasteiger partial charge in [-0.25, -0.2) is 9.97 Å². The summed E-state index contributed by atoms with van der Waals surface area (Å²) in [5.41, 5.74) is 8.63. The minimum Gasteiger partial charge on any atom is -0.455 e. The number of furan rings is 2. The molecule has 55 heavy (non-hydrogen) atoms. The van der Waals surface area contributed by atoms with Crippen LogP contribution in [0.15, 0.2) is 179 Å². The summed E-state index contributed by atoms with van der Waals surface area (Å²) in [6.07, 6.45) is 8.32. The Morgan fingerprint density at radius 3 is 1.69 bits per heavy atom. The average molecular weight is 705 g/mol. The van der Waals surface area contributed by atoms with Crippen LogP contribution in [0.2, 0.25) is 0 Å². The molecule has 4 heteroatoms. The van der Waals surface area contributed by atoms with Crippen molar-refractivity contribution in [3.05, 3.63) is 175 Å². The number of aromatic nitrogens is 2. The molecule has 0 saturated heterocycles. The lowest BCUT2D eigenvalue weighted by atomic mass is 9.95. The fourth-order valence-electron chi connectivity index (χ4n) is 8.29. The summed E-state index contributed by atoms with van der Waals surface area (Å²) >= 11 is 0. The van der Waals surface area contributed by atoms with Crippen LogP contribution in [-0.4, -0.2) is 9.97 Å². The number of nitrogens with zero attached hydrogens (tertiary/aromatic N) is 2. The topological polar surface area (TPSA) is 52.1 Å². The van der Waals surface area contributed by atoms with Gasteiger partial charge in [0.2, 0.25) is 0 Å². The summed E-state index contributed by atoms with van der Waals surface area (Å²) < 4.78 is 13.7. The molecule has 3 aromatic heterocycles. The van der Waals surface area contributed by atoms with Gasteiger partial charge in [0.25, 0.3) is 0 Å². The molecule has 0 N–H and O–H groups in total. The van der Waals surface area contributed by atoms with Gasteiger partial charge >= 0.3 is 0 Å². The van der Waals surface area contributed by atoms with Crippen molar-refractivity contribution in [2.45, 2.75) is 6.92 Å². The Hall–Kier alpha value is -7.30. The molecule has 0 unspecified atom stereocenters. The molecule has 3 heterocycles. The van der Waals surface area contributed by atoms with E-state index in [0.717, 1.165) is 99.1 Å². The monoisotopic (exact) mass is 704 g/mol. The molecule has 11 rings (SSSR count). The van der Waals surface area contributed by atoms with Crippen molar-refractivity contribution in [2.24, 2.45) is 0 Å². The molecule has 0 aliphatic carbocycles. The number of allylic oxidation sites excluding steroid dienone is 3. The van der Waals surface area contributed by atoms with Crippen molar-refractivity contribution in [2.75, 3.05) is 0 Å². The zero-order valence-corrected chi connectivity index (χ0v) is 30.0. The predicted molar refractivity (Wildman–Crippen MR) is 229 cm³/mol. The standard InChI is InChI=1S/C51H32N2O2/c1-2-3-5-16-33-23-26-39(49-45(33)46-36-20-11-8-14-31(36)24-27-43(46)54-49)41-30-42(53-51(52-41)34-17-6-4-7-18-34)40-29-35-19-10-13-22-38(35)48-47-37-21-12-9-15-32(37)25-28-44(47)55-50(40)48/h2-30H,1H3/b3-2-,16-5-. The first-order valence-corrected chi connectivity index (χ1v) is 18.6. The molecule has 0 bridgehead atoms. The van der Waals surface area contributed by atoms with Crippen molar-refractivity contribution < 1.29 is 8.83 Å². The van der Waals surface area contributed by atoms with Crippen LogP contribution in [0.25, 0.3) is 116 Å². The molecule has 0 saturated carbocycles. The Labute approximate surface area is 316 Å². The van der Waals surface area contributed by atoms with Crippen LogP contribution in [0.4, 0.5) is 0 Å². The van der Waals surface area contributed by atoms with Gasteiger partial charge < -0.3 is 8.83 Å². The zero-order chi connectivity index (χ0) is 36.5. The van der Waals surface area contributed by atoms with Crippen molar-refractivity contribution >= 4 is 82.3 Å². The third-order valence-corrected chi connectivity index (χ3v) is 10.8. The van der Waals surface area contributed by atoms with Crippen LogP contribution in [0.1, 0.15) is 12.5 Å². The molecule has 0 fully saturated rings. The number of hydrogen-bond acceptors (Lipinski definition) is 4. The summed E-state index contributed by atoms with van der Waals surface area (Å²) in [5, 5.41) is 11.3. The smallest absolute Gasteiger partial charge is 0.160 e. The molecule has 0 spiro atoms. The van der Waals surface area contributed by atoms with Gasteiger partial charge in [-0.1, -0.05) is 146 Å². The number of hydrogen-bond donors (Lipinski definition) is 0. The van der Waals surface area contributed by atoms with Crippen LogP contribution in [-0.2, 0) is 0 Å². The van der Waals surface area contributed by atoms with Crippen molar-refractivity contribution in [3.8, 4) is 33.9 Å². The largest absolute Gasteiger partial charge is 0.455 e. The van der Waals surface area contributed by atoms with E-state index in [1.165, 1.54) is 10.8 Å². The highest BCUT2D eigenvalue weighted by molar-refractivity contribution is 6.29. The van der Waals surface area contributed by atoms with Gasteiger partial charge in [-0.2, -0.15) is 0 Å². The molecule has 8 aromatic carbocycles. The Bertz CT molecular complexity index is 3380. The maximum absolute atomic E-state index is 6.87. The third kappa shape index (κ3) is 4.92. The Kier molecular flexibility index (Phi) is 7.04. The van der Waals surface area contributed by atoms with Crippen LogP contribution in [0.3, 0.4) is 0 Å². The summed E-state index contributed by atoms with van der Waals surface area (Å²) in [4.78, 5) is 10.6. The van der Waals surface area contributed by atoms with E-state index in [1.807, 2.05) is 37.3 Å². The van der Waals surface area contributed by atoms with Gasteiger partial charge in [0.1, 0.15) is 22.3 Å². The first-order chi connectivity index (χ1) is 27.2. The second kappa shape index (κ2) is 12.4. The van der Waals surface area contributed by atoms with Gasteiger partial charge in [0.05, 0.1) is 11.4 Å². The SMILES string of the molecule is C/C=C\C=C/c1ccc(-c2cc(-c3cc4ccccc4c4c3oc3ccc5ccccc5c34)nc(-c3ccccc3)n2)c2oc3ccc4ccccc4c3c12. The maximum Gasteiger partial charge on any atom is 0.160 e. The van der Waals surface area contributed by atoms with Gasteiger partial charge in [0.15, 0.2) is 5.82 Å². The summed E-state index contributed by atoms with van der Waals surface area (Å²) in [7, 11) is 0. The second-order valence-electron chi connectivity index (χ2n) is 14.0. The van der Waals surface area contributed by atoms with E-state index in [0.29, 0.717) is 5.82 Å². The van der Waals surface area contributed by atoms with Crippen LogP contribution in [0.5, 0.6) is 0 Å². The summed E-state index contributed by atoms with van der Waals surface area (Å²) in [6, 6.07) is 52.8. The highest BCUT2D eigenvalue weighted by Gasteiger charge is 2.23. The highest BCUT2D eigenvalue weighted by Crippen LogP contribution is 2.45. The Morgan fingerprint density at radius 1 is 0.455 bits per heavy atom. The fourth-order valence-corrected chi connectivity index (χ4v) is 8.29. The minimum atomic E-state index is 0.628. The molecule has 0 aliphatic heterocycles. The number of rotatable bonds is 5. The molecular weight excluding hydrogens is 673 g/mol. The molecule has 11 aromatic rings. The lowest BCUT2D eigenvalue weighted by molar-refractivity contribution is 0.670. The lowest BCUT2D eigenvalue weighted by Gasteiger charge is -2.12. The third-order valence-electron chi connectivity index (χ3n) is 10.8. The summed E-state index contributed by atoms with van der Waals surface area (Å²) in [6.45, 7) is 2.03. The Morgan fingerprint density at radius 2 is 1.02 bits per heavy atom. The van der Waals surface area contributed by atoms with E-state index in [4.69, 9.17) is 18.8 Å². The van der Waals surface area contributed by atoms with Crippen LogP contribution < -0.4 is 0 Å². The molecule has 258 valence electrons. The van der Waals surface area contributed by atoms with E-state index < -0.39 is 0 Å². The van der Waals surface area contributed by atoms with Crippen LogP contribution >= 0.6 is 0 Å². The quantitative estimate of drug-likeness (QED) is 0.167. The average Bonchev–Trinajstić information content (AvgIpc) is 3.84. The van der Waals surface area contributed by atoms with Gasteiger partial charge in [-0.05, 0) is 75.1 Å². The van der Waals surface area contributed by atoms with Crippen molar-refractivity contribution in [1.82, 2.24) is 9.97 Å². The van der Waals surface area contributed by atoms with Crippen molar-refractivity contribution in [1.29, 1.82) is 0 Å². The highest BCUT2D eigenvalue weighted by atomic mass is 16.3. The first-order valence-electron chi connectivity index (χ1n) is 18.6. The van der Waals surface area contributed by atoms with Gasteiger partial charge in [0, 0.05) is 38.2 Å². The first kappa shape index (κ1) is 31.2. The molecular formula is C51H32N2O2. The van der Waals surface area contributed by atoms with Crippen molar-refractivity contribution in [3.63, 3.8) is 0 Å². The minimum absolute atomic E-state index is 0.628. The molecule has 4 nitrogen and oxygen atoms in total. The van der Waals surface area contributed by atoms with Gasteiger partial charge in [-0.3, -0.25) is 0 Å². The maximum atomic E-state index is 6.87. The van der Waals surface area contributed by atoms with Crippen LogP contribution in [0, 0.1) is 0 Å². The molecule has 0 radical (unpaired) electrons. The van der Waals surface area contributed by atoms with E-state index >= 15 is 0 Å². The molecule has 0 aliphatic rings. The van der Waals surface area contributed by atoms with E-state index in [1.54, 1.807) is 0 Å². The van der Waals surface area contributed by atoms with E-state index in [-0.39, 0.29) is 0 Å². The fraction of sp³-hybridized carbons (Fsp3) is 0.0196. The normalized spacial score (nSPS) is 12.3. The number of benzene rings is 8. The molecule has 0 atom stereocenters. The molecule has 0 amide bonds. The van der Waals surface area contributed by atoms with E-state index in [2.05, 4.69) is 146 Å². The number of fused-ring (bicyclic) bond motifs is 12. The van der Waals surface area contributed by atoms with Gasteiger partial charge in [-0.15, -0.1) is 0 Å². The predicted octanol–water partition coefficient (Wildman–Crippen LogP) is 14.3. The Balaban J connectivity index is 1.24.